The highest BCUT2D eigenvalue weighted by molar-refractivity contribution is 4.78. The van der Waals surface area contributed by atoms with Crippen LogP contribution in [0.4, 0.5) is 0 Å². The molecule has 0 radical (unpaired) electrons. The van der Waals surface area contributed by atoms with Gasteiger partial charge in [-0.3, -0.25) is 0 Å². The zero-order chi connectivity index (χ0) is 12.8. The molecule has 4 nitrogen and oxygen atoms in total. The van der Waals surface area contributed by atoms with Crippen LogP contribution in [0, 0.1) is 5.92 Å². The average Bonchev–Trinajstić information content (AvgIpc) is 2.91. The van der Waals surface area contributed by atoms with E-state index in [4.69, 9.17) is 10.5 Å². The smallest absolute Gasteiger partial charge is 0.0820 e. The molecule has 0 bridgehead atoms. The summed E-state index contributed by atoms with van der Waals surface area (Å²) in [5, 5.41) is 0. The monoisotopic (exact) mass is 255 g/mol. The maximum atomic E-state index is 5.68. The van der Waals surface area contributed by atoms with Crippen LogP contribution in [0.15, 0.2) is 0 Å². The van der Waals surface area contributed by atoms with Crippen molar-refractivity contribution < 1.29 is 4.74 Å². The summed E-state index contributed by atoms with van der Waals surface area (Å²) >= 11 is 0. The van der Waals surface area contributed by atoms with E-state index in [0.717, 1.165) is 12.5 Å². The Labute approximate surface area is 111 Å². The number of ether oxygens (including phenoxy) is 1. The van der Waals surface area contributed by atoms with Gasteiger partial charge >= 0.3 is 0 Å². The summed E-state index contributed by atoms with van der Waals surface area (Å²) in [7, 11) is 1.76. The Morgan fingerprint density at radius 1 is 1.11 bits per heavy atom. The summed E-state index contributed by atoms with van der Waals surface area (Å²) in [5.41, 5.74) is 5.68. The van der Waals surface area contributed by atoms with Crippen molar-refractivity contribution in [3.8, 4) is 0 Å². The highest BCUT2D eigenvalue weighted by Gasteiger charge is 2.23. The van der Waals surface area contributed by atoms with Crippen LogP contribution in [0.2, 0.25) is 0 Å². The van der Waals surface area contributed by atoms with Crippen molar-refractivity contribution in [3.05, 3.63) is 0 Å². The largest absolute Gasteiger partial charge is 0.379 e. The number of piperidine rings is 1. The Morgan fingerprint density at radius 3 is 2.33 bits per heavy atom. The lowest BCUT2D eigenvalue weighted by Crippen LogP contribution is -2.43. The van der Waals surface area contributed by atoms with Gasteiger partial charge < -0.3 is 20.3 Å². The topological polar surface area (TPSA) is 41.7 Å². The Kier molecular flexibility index (Phi) is 5.89. The fourth-order valence-corrected chi connectivity index (χ4v) is 3.22. The van der Waals surface area contributed by atoms with Crippen molar-refractivity contribution in [2.24, 2.45) is 11.7 Å². The van der Waals surface area contributed by atoms with E-state index in [1.165, 1.54) is 58.4 Å². The van der Waals surface area contributed by atoms with E-state index >= 15 is 0 Å². The first kappa shape index (κ1) is 14.3. The second-order valence-electron chi connectivity index (χ2n) is 5.85. The molecular weight excluding hydrogens is 226 g/mol. The molecule has 0 aromatic heterocycles. The van der Waals surface area contributed by atoms with Crippen LogP contribution in [-0.4, -0.2) is 68.8 Å². The fourth-order valence-electron chi connectivity index (χ4n) is 3.22. The van der Waals surface area contributed by atoms with Gasteiger partial charge in [0.25, 0.3) is 0 Å². The molecule has 0 aliphatic carbocycles. The van der Waals surface area contributed by atoms with Crippen LogP contribution in [0.5, 0.6) is 0 Å². The summed E-state index contributed by atoms with van der Waals surface area (Å²) in [6.07, 6.45) is 5.71. The molecule has 0 spiro atoms. The number of hydrogen-bond acceptors (Lipinski definition) is 4. The lowest BCUT2D eigenvalue weighted by molar-refractivity contribution is 0.0535. The van der Waals surface area contributed by atoms with Crippen molar-refractivity contribution in [3.63, 3.8) is 0 Å². The van der Waals surface area contributed by atoms with Crippen LogP contribution in [0.1, 0.15) is 25.7 Å². The third kappa shape index (κ3) is 4.19. The summed E-state index contributed by atoms with van der Waals surface area (Å²) in [5.74, 6) is 0.915. The molecule has 18 heavy (non-hydrogen) atoms. The van der Waals surface area contributed by atoms with Crippen molar-refractivity contribution in [1.29, 1.82) is 0 Å². The lowest BCUT2D eigenvalue weighted by Gasteiger charge is -2.35. The van der Waals surface area contributed by atoms with Crippen LogP contribution >= 0.6 is 0 Å². The Morgan fingerprint density at radius 2 is 1.78 bits per heavy atom. The molecular formula is C14H29N3O. The van der Waals surface area contributed by atoms with Gasteiger partial charge in [0.2, 0.25) is 0 Å². The van der Waals surface area contributed by atoms with Gasteiger partial charge in [-0.25, -0.2) is 0 Å². The molecule has 0 aromatic rings. The Hall–Kier alpha value is -0.160. The minimum atomic E-state index is 0.208. The molecule has 2 rings (SSSR count). The third-order valence-corrected chi connectivity index (χ3v) is 4.48. The second-order valence-corrected chi connectivity index (χ2v) is 5.85. The van der Waals surface area contributed by atoms with Crippen LogP contribution < -0.4 is 5.73 Å². The molecule has 2 aliphatic heterocycles. The molecule has 0 aromatic carbocycles. The molecule has 2 aliphatic rings. The number of methoxy groups -OCH3 is 1. The highest BCUT2D eigenvalue weighted by atomic mass is 16.5. The summed E-state index contributed by atoms with van der Waals surface area (Å²) in [4.78, 5) is 5.17. The van der Waals surface area contributed by atoms with Gasteiger partial charge in [-0.2, -0.15) is 0 Å². The van der Waals surface area contributed by atoms with Gasteiger partial charge in [0.1, 0.15) is 0 Å². The van der Waals surface area contributed by atoms with Crippen LogP contribution in [-0.2, 0) is 4.74 Å². The van der Waals surface area contributed by atoms with E-state index < -0.39 is 0 Å². The second kappa shape index (κ2) is 7.43. The predicted octanol–water partition coefficient (Wildman–Crippen LogP) is 0.768. The van der Waals surface area contributed by atoms with Gasteiger partial charge in [0, 0.05) is 26.7 Å². The van der Waals surface area contributed by atoms with E-state index in [1.54, 1.807) is 7.11 Å². The maximum absolute atomic E-state index is 5.68. The maximum Gasteiger partial charge on any atom is 0.0820 e. The number of nitrogens with two attached hydrogens (primary N) is 1. The zero-order valence-electron chi connectivity index (χ0n) is 11.8. The quantitative estimate of drug-likeness (QED) is 0.761. The van der Waals surface area contributed by atoms with Crippen molar-refractivity contribution in [2.75, 3.05) is 52.9 Å². The van der Waals surface area contributed by atoms with Crippen molar-refractivity contribution in [1.82, 2.24) is 9.80 Å². The van der Waals surface area contributed by atoms with E-state index in [9.17, 15) is 0 Å². The van der Waals surface area contributed by atoms with Gasteiger partial charge in [0.15, 0.2) is 0 Å². The van der Waals surface area contributed by atoms with E-state index in [0.29, 0.717) is 6.54 Å². The number of nitrogens with zero attached hydrogens (tertiary/aromatic N) is 2. The summed E-state index contributed by atoms with van der Waals surface area (Å²) in [6.45, 7) is 8.07. The first-order valence-electron chi connectivity index (χ1n) is 7.49. The highest BCUT2D eigenvalue weighted by Crippen LogP contribution is 2.20. The van der Waals surface area contributed by atoms with Gasteiger partial charge in [-0.1, -0.05) is 0 Å². The number of hydrogen-bond donors (Lipinski definition) is 1. The first-order valence-corrected chi connectivity index (χ1v) is 7.49. The molecule has 0 amide bonds. The standard InChI is InChI=1S/C14H29N3O/c1-18-14(10-15)12-17-8-4-13(5-9-17)11-16-6-2-3-7-16/h13-14H,2-12,15H2,1H3. The van der Waals surface area contributed by atoms with Crippen LogP contribution in [0.3, 0.4) is 0 Å². The van der Waals surface area contributed by atoms with E-state index in [2.05, 4.69) is 9.80 Å². The minimum absolute atomic E-state index is 0.208. The molecule has 1 atom stereocenters. The molecule has 2 fully saturated rings. The molecule has 0 saturated carbocycles. The lowest BCUT2D eigenvalue weighted by atomic mass is 9.96. The Bertz CT molecular complexity index is 207. The fraction of sp³-hybridized carbons (Fsp3) is 1.00. The third-order valence-electron chi connectivity index (χ3n) is 4.48. The number of rotatable bonds is 6. The van der Waals surface area contributed by atoms with Gasteiger partial charge in [0.05, 0.1) is 6.10 Å². The normalized spacial score (nSPS) is 25.7. The van der Waals surface area contributed by atoms with Crippen LogP contribution in [0.25, 0.3) is 0 Å². The SMILES string of the molecule is COC(CN)CN1CCC(CN2CCCC2)CC1. The average molecular weight is 255 g/mol. The molecule has 1 unspecified atom stereocenters. The van der Waals surface area contributed by atoms with E-state index in [1.807, 2.05) is 0 Å². The van der Waals surface area contributed by atoms with Gasteiger partial charge in [-0.15, -0.1) is 0 Å². The van der Waals surface area contributed by atoms with Crippen molar-refractivity contribution in [2.45, 2.75) is 31.8 Å². The van der Waals surface area contributed by atoms with Gasteiger partial charge in [-0.05, 0) is 57.8 Å². The molecule has 2 saturated heterocycles. The molecule has 2 heterocycles. The van der Waals surface area contributed by atoms with Crippen molar-refractivity contribution >= 4 is 0 Å². The molecule has 106 valence electrons. The number of likely N-dealkylation sites (tertiary alicyclic amines) is 2. The summed E-state index contributed by atoms with van der Waals surface area (Å²) < 4.78 is 5.36. The zero-order valence-corrected chi connectivity index (χ0v) is 11.8. The molecule has 2 N–H and O–H groups in total. The van der Waals surface area contributed by atoms with E-state index in [-0.39, 0.29) is 6.10 Å². The summed E-state index contributed by atoms with van der Waals surface area (Å²) in [6, 6.07) is 0. The Balaban J connectivity index is 1.64. The minimum Gasteiger partial charge on any atom is -0.379 e. The predicted molar refractivity (Wildman–Crippen MR) is 74.7 cm³/mol. The first-order chi connectivity index (χ1) is 8.81. The molecule has 4 heteroatoms.